The van der Waals surface area contributed by atoms with Gasteiger partial charge in [-0.25, -0.2) is 0 Å². The molecule has 0 spiro atoms. The number of hydrogen-bond donors (Lipinski definition) is 1. The number of ketones is 1. The monoisotopic (exact) mass is 373 g/mol. The minimum Gasteiger partial charge on any atom is -0.492 e. The van der Waals surface area contributed by atoms with Gasteiger partial charge in [-0.3, -0.25) is 9.59 Å². The van der Waals surface area contributed by atoms with Crippen LogP contribution in [0.2, 0.25) is 5.02 Å². The highest BCUT2D eigenvalue weighted by Gasteiger charge is 2.50. The summed E-state index contributed by atoms with van der Waals surface area (Å²) >= 11 is 5.85. The average molecular weight is 374 g/mol. The number of benzene rings is 2. The first-order valence-corrected chi connectivity index (χ1v) is 8.72. The van der Waals surface area contributed by atoms with E-state index in [9.17, 15) is 14.7 Å². The molecule has 0 saturated carbocycles. The Bertz CT molecular complexity index is 849. The molecule has 26 heavy (non-hydrogen) atoms. The minimum atomic E-state index is -1.81. The number of carbonyl (C=O) groups is 2. The zero-order chi connectivity index (χ0) is 18.9. The van der Waals surface area contributed by atoms with Crippen molar-refractivity contribution >= 4 is 29.0 Å². The van der Waals surface area contributed by atoms with Crippen LogP contribution in [0.25, 0.3) is 0 Å². The molecule has 1 heterocycles. The third-order valence-corrected chi connectivity index (χ3v) is 4.64. The maximum absolute atomic E-state index is 12.9. The Kier molecular flexibility index (Phi) is 5.03. The molecule has 1 aliphatic rings. The van der Waals surface area contributed by atoms with Crippen LogP contribution in [-0.4, -0.2) is 29.9 Å². The van der Waals surface area contributed by atoms with Gasteiger partial charge in [-0.2, -0.15) is 0 Å². The van der Waals surface area contributed by atoms with Crippen molar-refractivity contribution in [3.05, 3.63) is 58.6 Å². The van der Waals surface area contributed by atoms with E-state index in [-0.39, 0.29) is 25.4 Å². The van der Waals surface area contributed by atoms with Gasteiger partial charge in [0.15, 0.2) is 5.60 Å². The highest BCUT2D eigenvalue weighted by atomic mass is 35.5. The van der Waals surface area contributed by atoms with E-state index < -0.39 is 11.5 Å². The summed E-state index contributed by atoms with van der Waals surface area (Å²) in [5.74, 6) is -0.0928. The Hall–Kier alpha value is -2.37. The Morgan fingerprint density at radius 2 is 1.92 bits per heavy atom. The molecule has 0 saturated heterocycles. The lowest BCUT2D eigenvalue weighted by Gasteiger charge is -2.22. The highest BCUT2D eigenvalue weighted by molar-refractivity contribution is 6.30. The molecule has 1 N–H and O–H groups in total. The molecule has 6 heteroatoms. The van der Waals surface area contributed by atoms with Gasteiger partial charge in [-0.05, 0) is 44.2 Å². The smallest absolute Gasteiger partial charge is 0.264 e. The normalized spacial score (nSPS) is 18.8. The Morgan fingerprint density at radius 3 is 2.58 bits per heavy atom. The number of aliphatic hydroxyl groups is 1. The summed E-state index contributed by atoms with van der Waals surface area (Å²) < 4.78 is 5.66. The van der Waals surface area contributed by atoms with E-state index in [4.69, 9.17) is 16.3 Å². The van der Waals surface area contributed by atoms with Crippen molar-refractivity contribution in [2.45, 2.75) is 25.9 Å². The number of amides is 1. The topological polar surface area (TPSA) is 66.8 Å². The molecule has 3 rings (SSSR count). The predicted octanol–water partition coefficient (Wildman–Crippen LogP) is 3.24. The van der Waals surface area contributed by atoms with Crippen LogP contribution in [0, 0.1) is 6.92 Å². The number of nitrogens with zero attached hydrogens (tertiary/aromatic N) is 1. The van der Waals surface area contributed by atoms with Gasteiger partial charge in [0, 0.05) is 17.0 Å². The number of Topliss-reactive ketones (excluding diaryl/α,β-unsaturated/α-hetero) is 1. The first kappa shape index (κ1) is 18.4. The van der Waals surface area contributed by atoms with Gasteiger partial charge < -0.3 is 14.7 Å². The SMILES string of the molecule is CC(=O)C[C@]1(O)C(=O)N(CCOc2ccc(Cl)cc2)c2ccc(C)cc21. The molecule has 0 bridgehead atoms. The van der Waals surface area contributed by atoms with Gasteiger partial charge in [0.1, 0.15) is 18.1 Å². The fourth-order valence-electron chi connectivity index (χ4n) is 3.20. The zero-order valence-electron chi connectivity index (χ0n) is 14.7. The van der Waals surface area contributed by atoms with E-state index in [1.54, 1.807) is 36.4 Å². The molecule has 1 atom stereocenters. The predicted molar refractivity (Wildman–Crippen MR) is 99.7 cm³/mol. The van der Waals surface area contributed by atoms with E-state index in [1.165, 1.54) is 11.8 Å². The standard InChI is InChI=1S/C20H20ClNO4/c1-13-3-8-18-17(11-13)20(25,12-14(2)23)19(24)22(18)9-10-26-16-6-4-15(21)5-7-16/h3-8,11,25H,9-10,12H2,1-2H3/t20-/m1/s1. The molecule has 136 valence electrons. The molecule has 2 aromatic rings. The molecule has 0 aromatic heterocycles. The van der Waals surface area contributed by atoms with Crippen LogP contribution in [0.1, 0.15) is 24.5 Å². The van der Waals surface area contributed by atoms with Gasteiger partial charge in [0.05, 0.1) is 12.2 Å². The molecule has 5 nitrogen and oxygen atoms in total. The fourth-order valence-corrected chi connectivity index (χ4v) is 3.33. The number of hydrogen-bond acceptors (Lipinski definition) is 4. The number of rotatable bonds is 6. The summed E-state index contributed by atoms with van der Waals surface area (Å²) in [6.07, 6.45) is -0.239. The summed E-state index contributed by atoms with van der Waals surface area (Å²) in [5.41, 5.74) is 0.194. The van der Waals surface area contributed by atoms with Crippen molar-refractivity contribution in [3.8, 4) is 5.75 Å². The van der Waals surface area contributed by atoms with Crippen LogP contribution in [0.4, 0.5) is 5.69 Å². The number of halogens is 1. The van der Waals surface area contributed by atoms with Crippen LogP contribution in [-0.2, 0) is 15.2 Å². The Labute approximate surface area is 157 Å². The average Bonchev–Trinajstić information content (AvgIpc) is 2.77. The third-order valence-electron chi connectivity index (χ3n) is 4.39. The second kappa shape index (κ2) is 7.09. The van der Waals surface area contributed by atoms with Crippen molar-refractivity contribution < 1.29 is 19.4 Å². The largest absolute Gasteiger partial charge is 0.492 e. The highest BCUT2D eigenvalue weighted by Crippen LogP contribution is 2.42. The first-order chi connectivity index (χ1) is 12.3. The van der Waals surface area contributed by atoms with E-state index in [2.05, 4.69) is 0 Å². The van der Waals surface area contributed by atoms with Crippen LogP contribution in [0.5, 0.6) is 5.75 Å². The van der Waals surface area contributed by atoms with Crippen molar-refractivity contribution in [2.75, 3.05) is 18.1 Å². The summed E-state index contributed by atoms with van der Waals surface area (Å²) in [6.45, 7) is 3.76. The maximum atomic E-state index is 12.9. The quantitative estimate of drug-likeness (QED) is 0.844. The minimum absolute atomic E-state index is 0.239. The van der Waals surface area contributed by atoms with Crippen molar-refractivity contribution in [1.29, 1.82) is 0 Å². The van der Waals surface area contributed by atoms with E-state index in [1.807, 2.05) is 13.0 Å². The van der Waals surface area contributed by atoms with Gasteiger partial charge in [-0.15, -0.1) is 0 Å². The number of aryl methyl sites for hydroxylation is 1. The molecular formula is C20H20ClNO4. The fraction of sp³-hybridized carbons (Fsp3) is 0.300. The summed E-state index contributed by atoms with van der Waals surface area (Å²) in [5, 5.41) is 11.6. The molecule has 1 aliphatic heterocycles. The maximum Gasteiger partial charge on any atom is 0.264 e. The lowest BCUT2D eigenvalue weighted by molar-refractivity contribution is -0.141. The number of ether oxygens (including phenoxy) is 1. The van der Waals surface area contributed by atoms with E-state index in [0.29, 0.717) is 22.0 Å². The van der Waals surface area contributed by atoms with Gasteiger partial charge >= 0.3 is 0 Å². The molecule has 0 aliphatic carbocycles. The van der Waals surface area contributed by atoms with Crippen LogP contribution < -0.4 is 9.64 Å². The van der Waals surface area contributed by atoms with E-state index in [0.717, 1.165) is 5.56 Å². The van der Waals surface area contributed by atoms with E-state index >= 15 is 0 Å². The Balaban J connectivity index is 1.80. The lowest BCUT2D eigenvalue weighted by Crippen LogP contribution is -2.43. The summed E-state index contributed by atoms with van der Waals surface area (Å²) in [4.78, 5) is 26.0. The molecule has 1 amide bonds. The number of anilines is 1. The summed E-state index contributed by atoms with van der Waals surface area (Å²) in [7, 11) is 0. The zero-order valence-corrected chi connectivity index (χ0v) is 15.4. The second-order valence-corrected chi connectivity index (χ2v) is 6.96. The number of fused-ring (bicyclic) bond motifs is 1. The van der Waals surface area contributed by atoms with Gasteiger partial charge in [-0.1, -0.05) is 29.3 Å². The number of carbonyl (C=O) groups excluding carboxylic acids is 2. The van der Waals surface area contributed by atoms with Crippen LogP contribution in [0.15, 0.2) is 42.5 Å². The first-order valence-electron chi connectivity index (χ1n) is 8.34. The van der Waals surface area contributed by atoms with Crippen LogP contribution in [0.3, 0.4) is 0 Å². The van der Waals surface area contributed by atoms with Crippen molar-refractivity contribution in [2.24, 2.45) is 0 Å². The molecule has 2 aromatic carbocycles. The van der Waals surface area contributed by atoms with Crippen molar-refractivity contribution in [3.63, 3.8) is 0 Å². The second-order valence-electron chi connectivity index (χ2n) is 6.52. The third kappa shape index (κ3) is 3.45. The van der Waals surface area contributed by atoms with Crippen LogP contribution >= 0.6 is 11.6 Å². The van der Waals surface area contributed by atoms with Gasteiger partial charge in [0.2, 0.25) is 0 Å². The van der Waals surface area contributed by atoms with Gasteiger partial charge in [0.25, 0.3) is 5.91 Å². The molecule has 0 fully saturated rings. The Morgan fingerprint density at radius 1 is 1.23 bits per heavy atom. The van der Waals surface area contributed by atoms with Crippen molar-refractivity contribution in [1.82, 2.24) is 0 Å². The lowest BCUT2D eigenvalue weighted by atomic mass is 9.89. The molecule has 0 unspecified atom stereocenters. The molecular weight excluding hydrogens is 354 g/mol. The summed E-state index contributed by atoms with van der Waals surface area (Å²) in [6, 6.07) is 12.4. The molecule has 0 radical (unpaired) electrons.